The highest BCUT2D eigenvalue weighted by Gasteiger charge is 2.18. The Kier molecular flexibility index (Phi) is 7.02. The molecular weight excluding hydrogens is 486 g/mol. The first-order valence-corrected chi connectivity index (χ1v) is 10.6. The van der Waals surface area contributed by atoms with Crippen LogP contribution in [-0.2, 0) is 11.8 Å². The Morgan fingerprint density at radius 3 is 2.25 bits per heavy atom. The summed E-state index contributed by atoms with van der Waals surface area (Å²) in [5.41, 5.74) is 1.04. The predicted molar refractivity (Wildman–Crippen MR) is 117 cm³/mol. The van der Waals surface area contributed by atoms with Gasteiger partial charge in [-0.2, -0.15) is 0 Å². The highest BCUT2D eigenvalue weighted by Crippen LogP contribution is 2.41. The molecule has 1 amide bonds. The van der Waals surface area contributed by atoms with Crippen molar-refractivity contribution in [3.63, 3.8) is 0 Å². The van der Waals surface area contributed by atoms with Gasteiger partial charge in [-0.3, -0.25) is 4.79 Å². The zero-order valence-electron chi connectivity index (χ0n) is 14.1. The second-order valence-electron chi connectivity index (χ2n) is 5.55. The van der Waals surface area contributed by atoms with Gasteiger partial charge in [0.2, 0.25) is 5.91 Å². The van der Waals surface area contributed by atoms with Crippen molar-refractivity contribution < 1.29 is 4.79 Å². The van der Waals surface area contributed by atoms with Crippen LogP contribution in [0, 0.1) is 0 Å². The number of nitrogens with zero attached hydrogens (tertiary/aromatic N) is 3. The number of halogens is 5. The van der Waals surface area contributed by atoms with Crippen LogP contribution in [0.4, 0.5) is 5.69 Å². The zero-order chi connectivity index (χ0) is 20.4. The third-order valence-electron chi connectivity index (χ3n) is 3.65. The molecule has 146 valence electrons. The van der Waals surface area contributed by atoms with E-state index in [9.17, 15) is 4.79 Å². The van der Waals surface area contributed by atoms with Crippen molar-refractivity contribution in [1.82, 2.24) is 14.8 Å². The number of carbonyl (C=O) groups excluding carboxylic acids is 1. The lowest BCUT2D eigenvalue weighted by atomic mass is 10.2. The molecule has 1 heterocycles. The van der Waals surface area contributed by atoms with E-state index < -0.39 is 0 Å². The number of hydrogen-bond donors (Lipinski definition) is 1. The van der Waals surface area contributed by atoms with Gasteiger partial charge in [-0.05, 0) is 30.3 Å². The number of amides is 1. The van der Waals surface area contributed by atoms with Crippen molar-refractivity contribution >= 4 is 81.4 Å². The minimum atomic E-state index is -0.344. The molecule has 5 nitrogen and oxygen atoms in total. The van der Waals surface area contributed by atoms with E-state index in [0.717, 1.165) is 5.56 Å². The molecule has 0 saturated heterocycles. The van der Waals surface area contributed by atoms with E-state index in [2.05, 4.69) is 15.5 Å². The van der Waals surface area contributed by atoms with Gasteiger partial charge < -0.3 is 9.88 Å². The molecule has 2 aromatic carbocycles. The van der Waals surface area contributed by atoms with Gasteiger partial charge in [0.15, 0.2) is 11.0 Å². The van der Waals surface area contributed by atoms with E-state index in [0.29, 0.717) is 16.0 Å². The van der Waals surface area contributed by atoms with Crippen molar-refractivity contribution in [2.45, 2.75) is 5.16 Å². The van der Waals surface area contributed by atoms with Crippen LogP contribution >= 0.6 is 69.8 Å². The maximum Gasteiger partial charge on any atom is 0.234 e. The maximum atomic E-state index is 12.3. The average molecular weight is 497 g/mol. The van der Waals surface area contributed by atoms with Gasteiger partial charge >= 0.3 is 0 Å². The first-order valence-electron chi connectivity index (χ1n) is 7.69. The number of anilines is 1. The minimum Gasteiger partial charge on any atom is -0.323 e. The Morgan fingerprint density at radius 2 is 1.64 bits per heavy atom. The molecule has 0 unspecified atom stereocenters. The second-order valence-corrected chi connectivity index (χ2v) is 8.50. The second kappa shape index (κ2) is 9.11. The Bertz CT molecular complexity index is 1010. The van der Waals surface area contributed by atoms with Crippen LogP contribution in [-0.4, -0.2) is 26.4 Å². The molecule has 0 aliphatic carbocycles. The molecule has 0 aliphatic heterocycles. The van der Waals surface area contributed by atoms with Crippen molar-refractivity contribution in [2.75, 3.05) is 11.1 Å². The molecule has 1 aromatic heterocycles. The Hall–Kier alpha value is -1.15. The number of thioether (sulfide) groups is 1. The fourth-order valence-corrected chi connectivity index (χ4v) is 4.02. The molecular formula is C17H11Cl5N4OS. The van der Waals surface area contributed by atoms with Gasteiger partial charge in [-0.25, -0.2) is 0 Å². The summed E-state index contributed by atoms with van der Waals surface area (Å²) in [5.74, 6) is 0.374. The summed E-state index contributed by atoms with van der Waals surface area (Å²) in [7, 11) is 1.81. The lowest BCUT2D eigenvalue weighted by molar-refractivity contribution is -0.113. The third-order valence-corrected chi connectivity index (χ3v) is 6.49. The molecule has 0 atom stereocenters. The molecule has 1 N–H and O–H groups in total. The van der Waals surface area contributed by atoms with Crippen molar-refractivity contribution in [3.05, 3.63) is 55.4 Å². The summed E-state index contributed by atoms with van der Waals surface area (Å²) in [6.07, 6.45) is 0. The molecule has 11 heteroatoms. The fourth-order valence-electron chi connectivity index (χ4n) is 2.28. The van der Waals surface area contributed by atoms with Crippen molar-refractivity contribution in [2.24, 2.45) is 7.05 Å². The fraction of sp³-hybridized carbons (Fsp3) is 0.118. The van der Waals surface area contributed by atoms with Crippen LogP contribution in [0.1, 0.15) is 0 Å². The first-order chi connectivity index (χ1) is 13.3. The van der Waals surface area contributed by atoms with Gasteiger partial charge in [0.05, 0.1) is 31.5 Å². The average Bonchev–Trinajstić information content (AvgIpc) is 3.03. The van der Waals surface area contributed by atoms with Gasteiger partial charge in [0.1, 0.15) is 0 Å². The lowest BCUT2D eigenvalue weighted by Gasteiger charge is -2.11. The lowest BCUT2D eigenvalue weighted by Crippen LogP contribution is -2.15. The van der Waals surface area contributed by atoms with Crippen molar-refractivity contribution in [1.29, 1.82) is 0 Å². The van der Waals surface area contributed by atoms with Gasteiger partial charge in [0, 0.05) is 17.6 Å². The highest BCUT2D eigenvalue weighted by atomic mass is 35.5. The molecule has 0 bridgehead atoms. The Balaban J connectivity index is 1.70. The van der Waals surface area contributed by atoms with Crippen LogP contribution in [0.3, 0.4) is 0 Å². The van der Waals surface area contributed by atoms with Crippen LogP contribution < -0.4 is 5.32 Å². The molecule has 0 spiro atoms. The molecule has 0 saturated carbocycles. The van der Waals surface area contributed by atoms with Gasteiger partial charge in [0.25, 0.3) is 0 Å². The summed E-state index contributed by atoms with van der Waals surface area (Å²) < 4.78 is 1.79. The third kappa shape index (κ3) is 4.70. The summed E-state index contributed by atoms with van der Waals surface area (Å²) in [6, 6.07) is 8.65. The quantitative estimate of drug-likeness (QED) is 0.324. The van der Waals surface area contributed by atoms with E-state index in [4.69, 9.17) is 58.0 Å². The van der Waals surface area contributed by atoms with Crippen LogP contribution in [0.5, 0.6) is 0 Å². The number of carbonyl (C=O) groups is 1. The summed E-state index contributed by atoms with van der Waals surface area (Å²) in [4.78, 5) is 12.3. The Morgan fingerprint density at radius 1 is 1.04 bits per heavy atom. The standard InChI is InChI=1S/C17H11Cl5N4OS/c1-26-16(8-2-4-9(18)5-3-8)24-25-17(26)28-7-12(27)23-15-13(21)10(19)6-11(20)14(15)22/h2-6H,7H2,1H3,(H,23,27). The normalized spacial score (nSPS) is 10.9. The molecule has 3 rings (SSSR count). The topological polar surface area (TPSA) is 59.8 Å². The van der Waals surface area contributed by atoms with E-state index in [1.54, 1.807) is 16.7 Å². The summed E-state index contributed by atoms with van der Waals surface area (Å²) in [5, 5.41) is 12.8. The van der Waals surface area contributed by atoms with Crippen LogP contribution in [0.15, 0.2) is 35.5 Å². The number of hydrogen-bond acceptors (Lipinski definition) is 4. The maximum absolute atomic E-state index is 12.3. The number of nitrogens with one attached hydrogen (secondary N) is 1. The van der Waals surface area contributed by atoms with Crippen LogP contribution in [0.25, 0.3) is 11.4 Å². The minimum absolute atomic E-state index is 0.0589. The highest BCUT2D eigenvalue weighted by molar-refractivity contribution is 7.99. The monoisotopic (exact) mass is 494 g/mol. The van der Waals surface area contributed by atoms with Gasteiger partial charge in [-0.15, -0.1) is 10.2 Å². The Labute approximate surface area is 190 Å². The molecule has 0 aliphatic rings. The van der Waals surface area contributed by atoms with Gasteiger partial charge in [-0.1, -0.05) is 69.8 Å². The predicted octanol–water partition coefficient (Wildman–Crippen LogP) is 6.48. The van der Waals surface area contributed by atoms with E-state index >= 15 is 0 Å². The number of aromatic nitrogens is 3. The van der Waals surface area contributed by atoms with E-state index in [1.807, 2.05) is 19.2 Å². The summed E-state index contributed by atoms with van der Waals surface area (Å²) in [6.45, 7) is 0. The SMILES string of the molecule is Cn1c(SCC(=O)Nc2c(Cl)c(Cl)cc(Cl)c2Cl)nnc1-c1ccc(Cl)cc1. The first kappa shape index (κ1) is 21.6. The van der Waals surface area contributed by atoms with Crippen molar-refractivity contribution in [3.8, 4) is 11.4 Å². The van der Waals surface area contributed by atoms with E-state index in [1.165, 1.54) is 17.8 Å². The van der Waals surface area contributed by atoms with Crippen LogP contribution in [0.2, 0.25) is 25.1 Å². The molecule has 3 aromatic rings. The molecule has 0 fully saturated rings. The number of benzene rings is 2. The smallest absolute Gasteiger partial charge is 0.234 e. The largest absolute Gasteiger partial charge is 0.323 e. The zero-order valence-corrected chi connectivity index (χ0v) is 18.7. The number of rotatable bonds is 5. The summed E-state index contributed by atoms with van der Waals surface area (Å²) >= 11 is 31.3. The molecule has 0 radical (unpaired) electrons. The molecule has 28 heavy (non-hydrogen) atoms. The van der Waals surface area contributed by atoms with E-state index in [-0.39, 0.29) is 37.4 Å².